The third-order valence-corrected chi connectivity index (χ3v) is 8.37. The van der Waals surface area contributed by atoms with Crippen LogP contribution in [0.4, 0.5) is 11.4 Å². The van der Waals surface area contributed by atoms with E-state index in [1.54, 1.807) is 0 Å². The summed E-state index contributed by atoms with van der Waals surface area (Å²) in [4.78, 5) is 7.03. The summed E-state index contributed by atoms with van der Waals surface area (Å²) in [6.07, 6.45) is 20.3. The highest BCUT2D eigenvalue weighted by atomic mass is 15.2. The number of anilines is 2. The number of hydrogen-bond acceptors (Lipinski definition) is 2. The Balaban J connectivity index is 1.34. The van der Waals surface area contributed by atoms with Gasteiger partial charge in [0.1, 0.15) is 5.84 Å². The predicted molar refractivity (Wildman–Crippen MR) is 170 cm³/mol. The summed E-state index contributed by atoms with van der Waals surface area (Å²) in [5.41, 5.74) is 8.94. The highest BCUT2D eigenvalue weighted by Gasteiger charge is 2.34. The van der Waals surface area contributed by atoms with Gasteiger partial charge in [-0.15, -0.1) is 0 Å². The molecule has 1 aliphatic heterocycles. The van der Waals surface area contributed by atoms with Crippen LogP contribution in [0.1, 0.15) is 41.0 Å². The molecule has 4 aromatic carbocycles. The Labute approximate surface area is 236 Å². The van der Waals surface area contributed by atoms with Crippen molar-refractivity contribution in [1.29, 1.82) is 0 Å². The minimum absolute atomic E-state index is 0.432. The molecule has 3 aliphatic rings. The molecule has 0 N–H and O–H groups in total. The number of rotatable bonds is 5. The van der Waals surface area contributed by atoms with Crippen molar-refractivity contribution in [3.63, 3.8) is 0 Å². The van der Waals surface area contributed by atoms with E-state index in [0.717, 1.165) is 36.5 Å². The van der Waals surface area contributed by atoms with E-state index in [1.165, 1.54) is 38.6 Å². The van der Waals surface area contributed by atoms with Crippen LogP contribution in [0.2, 0.25) is 0 Å². The number of amidine groups is 1. The molecule has 2 nitrogen and oxygen atoms in total. The van der Waals surface area contributed by atoms with Crippen molar-refractivity contribution in [3.05, 3.63) is 162 Å². The van der Waals surface area contributed by atoms with Gasteiger partial charge in [-0.05, 0) is 87.7 Å². The molecule has 2 aliphatic carbocycles. The van der Waals surface area contributed by atoms with E-state index in [0.29, 0.717) is 11.8 Å². The Kier molecular flexibility index (Phi) is 6.37. The third-order valence-electron chi connectivity index (χ3n) is 8.37. The zero-order chi connectivity index (χ0) is 26.9. The summed E-state index contributed by atoms with van der Waals surface area (Å²) in [6, 6.07) is 30.7. The molecule has 1 heterocycles. The Morgan fingerprint density at radius 1 is 0.875 bits per heavy atom. The lowest BCUT2D eigenvalue weighted by molar-refractivity contribution is 0.631. The number of para-hydroxylation sites is 1. The van der Waals surface area contributed by atoms with Gasteiger partial charge in [-0.1, -0.05) is 104 Å². The van der Waals surface area contributed by atoms with Gasteiger partial charge in [0.15, 0.2) is 0 Å². The molecule has 194 valence electrons. The molecular weight excluding hydrogens is 484 g/mol. The number of hydrogen-bond donors (Lipinski definition) is 0. The van der Waals surface area contributed by atoms with E-state index in [-0.39, 0.29) is 0 Å². The summed E-state index contributed by atoms with van der Waals surface area (Å²) < 4.78 is 0. The highest BCUT2D eigenvalue weighted by Crippen LogP contribution is 2.48. The van der Waals surface area contributed by atoms with Crippen molar-refractivity contribution >= 4 is 33.6 Å². The second-order valence-electron chi connectivity index (χ2n) is 10.7. The van der Waals surface area contributed by atoms with E-state index in [2.05, 4.69) is 133 Å². The molecule has 40 heavy (non-hydrogen) atoms. The molecule has 0 saturated carbocycles. The minimum atomic E-state index is 0.432. The number of aliphatic imine (C=N–C) groups is 1. The Morgan fingerprint density at radius 3 is 2.45 bits per heavy atom. The number of benzene rings is 4. The molecule has 7 rings (SSSR count). The molecule has 0 saturated heterocycles. The first-order chi connectivity index (χ1) is 19.8. The van der Waals surface area contributed by atoms with Crippen molar-refractivity contribution < 1.29 is 0 Å². The zero-order valence-electron chi connectivity index (χ0n) is 22.6. The maximum absolute atomic E-state index is 4.75. The topological polar surface area (TPSA) is 15.6 Å². The Bertz CT molecular complexity index is 1730. The lowest BCUT2D eigenvalue weighted by Gasteiger charge is -2.27. The van der Waals surface area contributed by atoms with Gasteiger partial charge in [-0.25, -0.2) is 4.99 Å². The monoisotopic (exact) mass is 516 g/mol. The first-order valence-corrected chi connectivity index (χ1v) is 14.2. The zero-order valence-corrected chi connectivity index (χ0v) is 22.6. The van der Waals surface area contributed by atoms with E-state index in [1.807, 2.05) is 12.3 Å². The average Bonchev–Trinajstić information content (AvgIpc) is 3.41. The van der Waals surface area contributed by atoms with Crippen LogP contribution in [-0.4, -0.2) is 5.84 Å². The fraction of sp³-hybridized carbons (Fsp3) is 0.132. The van der Waals surface area contributed by atoms with E-state index in [9.17, 15) is 0 Å². The van der Waals surface area contributed by atoms with Crippen molar-refractivity contribution in [2.75, 3.05) is 4.90 Å². The van der Waals surface area contributed by atoms with Gasteiger partial charge in [-0.3, -0.25) is 4.90 Å². The highest BCUT2D eigenvalue weighted by molar-refractivity contribution is 6.05. The third kappa shape index (κ3) is 4.26. The average molecular weight is 517 g/mol. The predicted octanol–water partition coefficient (Wildman–Crippen LogP) is 9.68. The lowest BCUT2D eigenvalue weighted by Crippen LogP contribution is -2.26. The van der Waals surface area contributed by atoms with Crippen LogP contribution in [-0.2, 0) is 6.42 Å². The standard InChI is InChI=1S/C38H32N2/c1-2-12-32(35-25-28-13-6-8-17-33(28)38-34-18-9-7-14-29(34)26-36(35)38)27-20-22-31(23-21-27)40(30-15-4-3-5-16-30)37-19-10-11-24-39-37/h2-9,11-18,20-25,29,34H,1,10,19,26H2/b32-12-. The van der Waals surface area contributed by atoms with Gasteiger partial charge in [0, 0.05) is 29.9 Å². The van der Waals surface area contributed by atoms with Crippen molar-refractivity contribution in [3.8, 4) is 0 Å². The quantitative estimate of drug-likeness (QED) is 0.241. The Hall–Kier alpha value is -4.69. The number of allylic oxidation sites excluding steroid dienone is 7. The second-order valence-corrected chi connectivity index (χ2v) is 10.7. The van der Waals surface area contributed by atoms with Crippen LogP contribution >= 0.6 is 0 Å². The van der Waals surface area contributed by atoms with Gasteiger partial charge < -0.3 is 0 Å². The van der Waals surface area contributed by atoms with Gasteiger partial charge in [0.05, 0.1) is 0 Å². The fourth-order valence-electron chi connectivity index (χ4n) is 6.59. The molecule has 2 heteroatoms. The van der Waals surface area contributed by atoms with Crippen LogP contribution in [0.5, 0.6) is 0 Å². The van der Waals surface area contributed by atoms with Gasteiger partial charge in [0.2, 0.25) is 0 Å². The summed E-state index contributed by atoms with van der Waals surface area (Å²) in [5, 5.41) is 2.67. The largest absolute Gasteiger partial charge is 0.299 e. The van der Waals surface area contributed by atoms with E-state index < -0.39 is 0 Å². The minimum Gasteiger partial charge on any atom is -0.299 e. The molecule has 2 unspecified atom stereocenters. The molecule has 4 aromatic rings. The number of fused-ring (bicyclic) bond motifs is 5. The van der Waals surface area contributed by atoms with Crippen molar-refractivity contribution in [2.45, 2.75) is 25.2 Å². The van der Waals surface area contributed by atoms with Gasteiger partial charge >= 0.3 is 0 Å². The van der Waals surface area contributed by atoms with Crippen LogP contribution in [0.25, 0.3) is 16.3 Å². The molecule has 2 atom stereocenters. The van der Waals surface area contributed by atoms with Crippen LogP contribution in [0.15, 0.2) is 145 Å². The molecule has 0 aromatic heterocycles. The number of nitrogens with zero attached hydrogens (tertiary/aromatic N) is 2. The maximum atomic E-state index is 4.75. The van der Waals surface area contributed by atoms with E-state index in [4.69, 9.17) is 4.99 Å². The normalized spacial score (nSPS) is 19.3. The fourth-order valence-corrected chi connectivity index (χ4v) is 6.59. The van der Waals surface area contributed by atoms with Gasteiger partial charge in [0.25, 0.3) is 0 Å². The van der Waals surface area contributed by atoms with Crippen LogP contribution in [0, 0.1) is 5.92 Å². The smallest absolute Gasteiger partial charge is 0.113 e. The maximum Gasteiger partial charge on any atom is 0.113 e. The van der Waals surface area contributed by atoms with Crippen molar-refractivity contribution in [1.82, 2.24) is 0 Å². The SMILES string of the molecule is C=C/C=C(/c1ccc(N(C2=NC=CCC2)c2ccccc2)cc1)c1cc2ccccc2c2c1CC1C=CC=CC21. The van der Waals surface area contributed by atoms with Gasteiger partial charge in [-0.2, -0.15) is 0 Å². The van der Waals surface area contributed by atoms with Crippen molar-refractivity contribution in [2.24, 2.45) is 10.9 Å². The molecular formula is C38H32N2. The molecule has 0 amide bonds. The lowest BCUT2D eigenvalue weighted by atomic mass is 9.85. The summed E-state index contributed by atoms with van der Waals surface area (Å²) in [6.45, 7) is 4.10. The summed E-state index contributed by atoms with van der Waals surface area (Å²) in [5.74, 6) is 2.02. The van der Waals surface area contributed by atoms with Crippen LogP contribution < -0.4 is 4.90 Å². The molecule has 0 bridgehead atoms. The second kappa shape index (κ2) is 10.5. The van der Waals surface area contributed by atoms with Crippen LogP contribution in [0.3, 0.4) is 0 Å². The summed E-state index contributed by atoms with van der Waals surface area (Å²) in [7, 11) is 0. The molecule has 0 spiro atoms. The molecule has 0 radical (unpaired) electrons. The Morgan fingerprint density at radius 2 is 1.65 bits per heavy atom. The first kappa shape index (κ1) is 24.4. The first-order valence-electron chi connectivity index (χ1n) is 14.2. The summed E-state index contributed by atoms with van der Waals surface area (Å²) >= 11 is 0. The molecule has 0 fully saturated rings. The van der Waals surface area contributed by atoms with E-state index >= 15 is 0 Å².